The Bertz CT molecular complexity index is 2160. The van der Waals surface area contributed by atoms with E-state index < -0.39 is 11.5 Å². The van der Waals surface area contributed by atoms with Gasteiger partial charge in [0.15, 0.2) is 11.6 Å². The highest BCUT2D eigenvalue weighted by Gasteiger charge is 2.40. The molecule has 1 N–H and O–H groups in total. The van der Waals surface area contributed by atoms with Crippen LogP contribution in [0.5, 0.6) is 5.75 Å². The molecule has 0 spiro atoms. The number of rotatable bonds is 4. The number of pyridine rings is 1. The second kappa shape index (κ2) is 10.9. The van der Waals surface area contributed by atoms with E-state index >= 15 is 4.39 Å². The van der Waals surface area contributed by atoms with E-state index in [-0.39, 0.29) is 58.2 Å². The van der Waals surface area contributed by atoms with Gasteiger partial charge in [0.25, 0.3) is 0 Å². The molecule has 0 radical (unpaired) electrons. The maximum absolute atomic E-state index is 17.7. The predicted molar refractivity (Wildman–Crippen MR) is 177 cm³/mol. The molecule has 236 valence electrons. The lowest BCUT2D eigenvalue weighted by Gasteiger charge is -2.44. The fourth-order valence-electron chi connectivity index (χ4n) is 6.92. The van der Waals surface area contributed by atoms with E-state index in [0.717, 1.165) is 11.1 Å². The molecule has 2 unspecified atom stereocenters. The van der Waals surface area contributed by atoms with Gasteiger partial charge in [-0.3, -0.25) is 19.4 Å². The van der Waals surface area contributed by atoms with Crippen molar-refractivity contribution in [1.29, 1.82) is 0 Å². The Labute approximate surface area is 269 Å². The van der Waals surface area contributed by atoms with E-state index in [4.69, 9.17) is 16.3 Å². The molecule has 5 heterocycles. The first-order valence-electron chi connectivity index (χ1n) is 15.2. The minimum Gasteiger partial charge on any atom is -0.489 e. The van der Waals surface area contributed by atoms with Crippen LogP contribution in [-0.4, -0.2) is 67.3 Å². The Morgan fingerprint density at radius 1 is 1.20 bits per heavy atom. The number of nitrogens with one attached hydrogen (secondary N) is 1. The standard InChI is InChI=1S/C34H33ClFN7O3/c1-7-23(44)41-14-20-15-46-32-26-31(28(36)25(27(32)35)24-17(4)8-9-22-21(24)12-38-40-22)43(30-18(5)10-11-37-29(30)16(2)3)34(45)39-33(26)42(20)13-19(41)6/h7-12,16,19-20H,1,13-15H2,2-6H3,(H,38,40). The van der Waals surface area contributed by atoms with Crippen LogP contribution in [0.15, 0.2) is 48.0 Å². The normalized spacial score (nSPS) is 17.7. The van der Waals surface area contributed by atoms with Crippen molar-refractivity contribution in [3.05, 3.63) is 81.4 Å². The van der Waals surface area contributed by atoms with Crippen LogP contribution in [0.4, 0.5) is 10.2 Å². The molecule has 2 aliphatic rings. The van der Waals surface area contributed by atoms with Crippen LogP contribution in [-0.2, 0) is 4.79 Å². The highest BCUT2D eigenvalue weighted by atomic mass is 35.5. The first-order valence-corrected chi connectivity index (χ1v) is 15.6. The average molecular weight is 642 g/mol. The van der Waals surface area contributed by atoms with E-state index in [9.17, 15) is 9.59 Å². The lowest BCUT2D eigenvalue weighted by Crippen LogP contribution is -2.60. The van der Waals surface area contributed by atoms with Crippen molar-refractivity contribution in [2.45, 2.75) is 52.6 Å². The molecule has 0 saturated carbocycles. The summed E-state index contributed by atoms with van der Waals surface area (Å²) in [5, 5.41) is 8.18. The number of benzene rings is 2. The number of aromatic amines is 1. The number of carbonyl (C=O) groups excluding carboxylic acids is 1. The van der Waals surface area contributed by atoms with Crippen molar-refractivity contribution in [3.63, 3.8) is 0 Å². The molecular formula is C34H33ClFN7O3. The van der Waals surface area contributed by atoms with Gasteiger partial charge in [-0.2, -0.15) is 10.1 Å². The summed E-state index contributed by atoms with van der Waals surface area (Å²) in [7, 11) is 0. The number of piperazine rings is 1. The highest BCUT2D eigenvalue weighted by molar-refractivity contribution is 6.37. The third-order valence-corrected chi connectivity index (χ3v) is 9.51. The zero-order chi connectivity index (χ0) is 32.6. The minimum absolute atomic E-state index is 0.000184. The number of fused-ring (bicyclic) bond motifs is 3. The van der Waals surface area contributed by atoms with E-state index in [1.165, 1.54) is 10.6 Å². The van der Waals surface area contributed by atoms with E-state index in [2.05, 4.69) is 26.7 Å². The molecule has 2 aromatic carbocycles. The third-order valence-electron chi connectivity index (χ3n) is 9.15. The molecule has 2 atom stereocenters. The SMILES string of the molecule is C=CC(=O)N1CC2COc3c(Cl)c(-c4c(C)ccc5[nH]ncc45)c(F)c4c3c(nc(=O)n4-c3c(C)ccnc3C(C)C)N2CC1C. The molecule has 1 amide bonds. The molecule has 3 aromatic heterocycles. The number of nitrogens with zero attached hydrogens (tertiary/aromatic N) is 6. The zero-order valence-electron chi connectivity index (χ0n) is 26.2. The van der Waals surface area contributed by atoms with Gasteiger partial charge in [0.2, 0.25) is 5.91 Å². The van der Waals surface area contributed by atoms with Crippen LogP contribution in [0.2, 0.25) is 5.02 Å². The Morgan fingerprint density at radius 2 is 1.98 bits per heavy atom. The Balaban J connectivity index is 1.63. The van der Waals surface area contributed by atoms with Gasteiger partial charge in [-0.25, -0.2) is 9.18 Å². The molecule has 10 nitrogen and oxygen atoms in total. The lowest BCUT2D eigenvalue weighted by molar-refractivity contribution is -0.129. The Hall–Kier alpha value is -4.77. The minimum atomic E-state index is -0.685. The smallest absolute Gasteiger partial charge is 0.354 e. The largest absolute Gasteiger partial charge is 0.489 e. The highest BCUT2D eigenvalue weighted by Crippen LogP contribution is 2.50. The molecule has 46 heavy (non-hydrogen) atoms. The van der Waals surface area contributed by atoms with Crippen molar-refractivity contribution in [2.24, 2.45) is 0 Å². The molecule has 0 aliphatic carbocycles. The van der Waals surface area contributed by atoms with Crippen LogP contribution in [0.3, 0.4) is 0 Å². The van der Waals surface area contributed by atoms with Gasteiger partial charge in [0.1, 0.15) is 17.9 Å². The summed E-state index contributed by atoms with van der Waals surface area (Å²) in [6.07, 6.45) is 4.61. The number of H-pyrrole nitrogens is 1. The van der Waals surface area contributed by atoms with Crippen LogP contribution < -0.4 is 15.3 Å². The molecule has 1 fully saturated rings. The number of halogens is 2. The number of amides is 1. The van der Waals surface area contributed by atoms with Gasteiger partial charge < -0.3 is 14.5 Å². The van der Waals surface area contributed by atoms with Gasteiger partial charge in [-0.05, 0) is 56.0 Å². The van der Waals surface area contributed by atoms with Crippen molar-refractivity contribution in [3.8, 4) is 22.6 Å². The van der Waals surface area contributed by atoms with E-state index in [1.54, 1.807) is 23.4 Å². The molecule has 2 aliphatic heterocycles. The predicted octanol–water partition coefficient (Wildman–Crippen LogP) is 5.84. The topological polar surface area (TPSA) is 109 Å². The molecular weight excluding hydrogens is 609 g/mol. The molecule has 1 saturated heterocycles. The maximum Gasteiger partial charge on any atom is 0.354 e. The quantitative estimate of drug-likeness (QED) is 0.246. The first-order chi connectivity index (χ1) is 22.0. The average Bonchev–Trinajstić information content (AvgIpc) is 3.45. The van der Waals surface area contributed by atoms with E-state index in [1.807, 2.05) is 51.7 Å². The number of hydrogen-bond donors (Lipinski definition) is 1. The number of carbonyl (C=O) groups is 1. The molecule has 7 rings (SSSR count). The summed E-state index contributed by atoms with van der Waals surface area (Å²) >= 11 is 7.20. The van der Waals surface area contributed by atoms with Crippen molar-refractivity contribution >= 4 is 45.1 Å². The van der Waals surface area contributed by atoms with Crippen LogP contribution in [0.25, 0.3) is 38.6 Å². The maximum atomic E-state index is 17.7. The summed E-state index contributed by atoms with van der Waals surface area (Å²) in [5.41, 5.74) is 3.29. The van der Waals surface area contributed by atoms with Crippen molar-refractivity contribution < 1.29 is 13.9 Å². The number of ether oxygens (including phenoxy) is 1. The molecule has 5 aromatic rings. The number of aromatic nitrogens is 5. The van der Waals surface area contributed by atoms with Gasteiger partial charge in [0, 0.05) is 41.8 Å². The number of aryl methyl sites for hydroxylation is 2. The number of hydrogen-bond acceptors (Lipinski definition) is 7. The second-order valence-corrected chi connectivity index (χ2v) is 12.8. The summed E-state index contributed by atoms with van der Waals surface area (Å²) < 4.78 is 25.6. The number of anilines is 1. The fourth-order valence-corrected chi connectivity index (χ4v) is 7.25. The fraction of sp³-hybridized carbons (Fsp3) is 0.324. The third kappa shape index (κ3) is 4.32. The second-order valence-electron chi connectivity index (χ2n) is 12.4. The van der Waals surface area contributed by atoms with Crippen molar-refractivity contribution in [1.82, 2.24) is 29.6 Å². The Kier molecular flexibility index (Phi) is 7.11. The van der Waals surface area contributed by atoms with Crippen LogP contribution in [0, 0.1) is 19.7 Å². The van der Waals surface area contributed by atoms with Gasteiger partial charge in [-0.1, -0.05) is 38.1 Å². The summed E-state index contributed by atoms with van der Waals surface area (Å²) in [5.74, 6) is -0.481. The van der Waals surface area contributed by atoms with Crippen molar-refractivity contribution in [2.75, 3.05) is 24.6 Å². The van der Waals surface area contributed by atoms with Gasteiger partial charge in [-0.15, -0.1) is 0 Å². The Morgan fingerprint density at radius 3 is 2.72 bits per heavy atom. The molecule has 0 bridgehead atoms. The van der Waals surface area contributed by atoms with Crippen LogP contribution in [0.1, 0.15) is 43.5 Å². The monoisotopic (exact) mass is 641 g/mol. The first kappa shape index (κ1) is 29.9. The van der Waals surface area contributed by atoms with Gasteiger partial charge >= 0.3 is 5.69 Å². The summed E-state index contributed by atoms with van der Waals surface area (Å²) in [6.45, 7) is 14.0. The summed E-state index contributed by atoms with van der Waals surface area (Å²) in [6, 6.07) is 4.92. The zero-order valence-corrected chi connectivity index (χ0v) is 26.9. The van der Waals surface area contributed by atoms with E-state index in [0.29, 0.717) is 46.3 Å². The van der Waals surface area contributed by atoms with Gasteiger partial charge in [0.05, 0.1) is 39.5 Å². The lowest BCUT2D eigenvalue weighted by atomic mass is 9.94. The van der Waals surface area contributed by atoms with Crippen LogP contribution >= 0.6 is 11.6 Å². The molecule has 12 heteroatoms. The summed E-state index contributed by atoms with van der Waals surface area (Å²) in [4.78, 5) is 40.0.